The highest BCUT2D eigenvalue weighted by Gasteiger charge is 2.15. The minimum atomic E-state index is 0.0507. The number of hydrogen-bond donors (Lipinski definition) is 1. The summed E-state index contributed by atoms with van der Waals surface area (Å²) < 4.78 is 7.76. The van der Waals surface area contributed by atoms with E-state index in [2.05, 4.69) is 72.3 Å². The van der Waals surface area contributed by atoms with Crippen LogP contribution in [0.25, 0.3) is 16.9 Å². The molecule has 0 radical (unpaired) electrons. The zero-order valence-corrected chi connectivity index (χ0v) is 20.7. The molecule has 0 saturated heterocycles. The van der Waals surface area contributed by atoms with E-state index in [4.69, 9.17) is 10.00 Å². The molecule has 0 saturated carbocycles. The van der Waals surface area contributed by atoms with Crippen LogP contribution in [0.2, 0.25) is 0 Å². The zero-order chi connectivity index (χ0) is 24.5. The third-order valence-electron chi connectivity index (χ3n) is 5.80. The standard InChI is InChI=1S/C29H35N3O2/c1-21(2)34-19-5-18-31-29(33)15-12-26-11-14-28(27-13-6-22(3)20-23(27)4)32(26)25-9-7-24(8-10-25)16-17-30/h6-11,13-14,20-21H,5,12,15-16,18-19H2,1-4H3,(H,31,33). The van der Waals surface area contributed by atoms with E-state index in [1.807, 2.05) is 26.0 Å². The molecule has 0 unspecified atom stereocenters. The summed E-state index contributed by atoms with van der Waals surface area (Å²) in [5.74, 6) is 0.0507. The van der Waals surface area contributed by atoms with Crippen molar-refractivity contribution in [3.63, 3.8) is 0 Å². The predicted octanol–water partition coefficient (Wildman–Crippen LogP) is 5.69. The highest BCUT2D eigenvalue weighted by molar-refractivity contribution is 5.76. The molecule has 3 rings (SSSR count). The van der Waals surface area contributed by atoms with Crippen molar-refractivity contribution in [2.45, 2.75) is 59.5 Å². The Hall–Kier alpha value is -3.36. The Morgan fingerprint density at radius 1 is 1.09 bits per heavy atom. The van der Waals surface area contributed by atoms with E-state index in [-0.39, 0.29) is 12.0 Å². The van der Waals surface area contributed by atoms with Crippen molar-refractivity contribution in [3.8, 4) is 23.0 Å². The molecule has 2 aromatic carbocycles. The second-order valence-corrected chi connectivity index (χ2v) is 8.99. The molecular formula is C29H35N3O2. The van der Waals surface area contributed by atoms with Gasteiger partial charge in [0.25, 0.3) is 0 Å². The molecule has 1 amide bonds. The summed E-state index contributed by atoms with van der Waals surface area (Å²) in [6, 6.07) is 21.0. The maximum Gasteiger partial charge on any atom is 0.220 e. The van der Waals surface area contributed by atoms with Crippen LogP contribution in [0.1, 0.15) is 49.1 Å². The number of nitrogens with one attached hydrogen (secondary N) is 1. The van der Waals surface area contributed by atoms with E-state index < -0.39 is 0 Å². The van der Waals surface area contributed by atoms with E-state index in [0.717, 1.165) is 29.1 Å². The maximum absolute atomic E-state index is 12.5. The van der Waals surface area contributed by atoms with Crippen LogP contribution in [-0.4, -0.2) is 29.7 Å². The van der Waals surface area contributed by atoms with Gasteiger partial charge in [-0.05, 0) is 75.9 Å². The summed E-state index contributed by atoms with van der Waals surface area (Å²) in [4.78, 5) is 12.5. The van der Waals surface area contributed by atoms with Crippen LogP contribution in [0, 0.1) is 25.2 Å². The molecule has 5 nitrogen and oxygen atoms in total. The van der Waals surface area contributed by atoms with Gasteiger partial charge in [-0.3, -0.25) is 4.79 Å². The lowest BCUT2D eigenvalue weighted by molar-refractivity contribution is -0.121. The molecule has 0 bridgehead atoms. The van der Waals surface area contributed by atoms with Gasteiger partial charge < -0.3 is 14.6 Å². The fraction of sp³-hybridized carbons (Fsp3) is 0.379. The fourth-order valence-corrected chi connectivity index (χ4v) is 4.09. The van der Waals surface area contributed by atoms with Crippen LogP contribution in [0.3, 0.4) is 0 Å². The van der Waals surface area contributed by atoms with Crippen LogP contribution in [0.4, 0.5) is 0 Å². The first-order chi connectivity index (χ1) is 16.4. The molecule has 1 aromatic heterocycles. The van der Waals surface area contributed by atoms with Crippen molar-refractivity contribution in [3.05, 3.63) is 77.0 Å². The third-order valence-corrected chi connectivity index (χ3v) is 5.80. The molecular weight excluding hydrogens is 422 g/mol. The van der Waals surface area contributed by atoms with Crippen molar-refractivity contribution < 1.29 is 9.53 Å². The van der Waals surface area contributed by atoms with Crippen molar-refractivity contribution in [1.29, 1.82) is 5.26 Å². The predicted molar refractivity (Wildman–Crippen MR) is 137 cm³/mol. The number of benzene rings is 2. The Morgan fingerprint density at radius 3 is 2.53 bits per heavy atom. The molecule has 34 heavy (non-hydrogen) atoms. The number of aryl methyl sites for hydroxylation is 3. The van der Waals surface area contributed by atoms with E-state index >= 15 is 0 Å². The summed E-state index contributed by atoms with van der Waals surface area (Å²) in [5.41, 5.74) is 7.83. The summed E-state index contributed by atoms with van der Waals surface area (Å²) in [5, 5.41) is 12.0. The minimum absolute atomic E-state index is 0.0507. The lowest BCUT2D eigenvalue weighted by Gasteiger charge is -2.16. The first-order valence-electron chi connectivity index (χ1n) is 12.0. The van der Waals surface area contributed by atoms with Gasteiger partial charge in [0.2, 0.25) is 5.91 Å². The Morgan fingerprint density at radius 2 is 1.85 bits per heavy atom. The van der Waals surface area contributed by atoms with Crippen LogP contribution in [0.15, 0.2) is 54.6 Å². The first kappa shape index (κ1) is 25.3. The highest BCUT2D eigenvalue weighted by atomic mass is 16.5. The molecule has 0 aliphatic rings. The number of hydrogen-bond acceptors (Lipinski definition) is 3. The normalized spacial score (nSPS) is 10.9. The number of nitriles is 1. The Labute approximate surface area is 203 Å². The van der Waals surface area contributed by atoms with Crippen molar-refractivity contribution in [2.24, 2.45) is 0 Å². The fourth-order valence-electron chi connectivity index (χ4n) is 4.09. The number of rotatable bonds is 11. The first-order valence-corrected chi connectivity index (χ1v) is 12.0. The van der Waals surface area contributed by atoms with E-state index in [1.165, 1.54) is 16.7 Å². The number of nitrogens with zero attached hydrogens (tertiary/aromatic N) is 2. The molecule has 0 aliphatic heterocycles. The number of carbonyl (C=O) groups is 1. The van der Waals surface area contributed by atoms with Gasteiger partial charge in [0, 0.05) is 36.5 Å². The van der Waals surface area contributed by atoms with Gasteiger partial charge in [0.1, 0.15) is 0 Å². The summed E-state index contributed by atoms with van der Waals surface area (Å²) >= 11 is 0. The molecule has 1 N–H and O–H groups in total. The molecule has 5 heteroatoms. The molecule has 178 valence electrons. The summed E-state index contributed by atoms with van der Waals surface area (Å²) in [7, 11) is 0. The van der Waals surface area contributed by atoms with E-state index in [1.54, 1.807) is 0 Å². The summed E-state index contributed by atoms with van der Waals surface area (Å²) in [6.07, 6.45) is 2.48. The molecule has 0 spiro atoms. The number of aromatic nitrogens is 1. The second kappa shape index (κ2) is 12.2. The highest BCUT2D eigenvalue weighted by Crippen LogP contribution is 2.30. The largest absolute Gasteiger partial charge is 0.379 e. The average molecular weight is 458 g/mol. The topological polar surface area (TPSA) is 67.0 Å². The molecule has 3 aromatic rings. The van der Waals surface area contributed by atoms with Gasteiger partial charge in [-0.15, -0.1) is 0 Å². The van der Waals surface area contributed by atoms with Crippen molar-refractivity contribution >= 4 is 5.91 Å². The molecule has 0 aliphatic carbocycles. The minimum Gasteiger partial charge on any atom is -0.379 e. The van der Waals surface area contributed by atoms with Gasteiger partial charge in [0.15, 0.2) is 0 Å². The monoisotopic (exact) mass is 457 g/mol. The van der Waals surface area contributed by atoms with Gasteiger partial charge in [0.05, 0.1) is 24.3 Å². The Balaban J connectivity index is 1.80. The van der Waals surface area contributed by atoms with Gasteiger partial charge in [-0.2, -0.15) is 5.26 Å². The number of carbonyl (C=O) groups excluding carboxylic acids is 1. The van der Waals surface area contributed by atoms with Crippen molar-refractivity contribution in [2.75, 3.05) is 13.2 Å². The molecule has 1 heterocycles. The van der Waals surface area contributed by atoms with Crippen molar-refractivity contribution in [1.82, 2.24) is 9.88 Å². The van der Waals surface area contributed by atoms with Gasteiger partial charge in [-0.25, -0.2) is 0 Å². The third kappa shape index (κ3) is 6.82. The Bertz CT molecular complexity index is 1140. The van der Waals surface area contributed by atoms with E-state index in [0.29, 0.717) is 32.4 Å². The SMILES string of the molecule is Cc1ccc(-c2ccc(CCC(=O)NCCCOC(C)C)n2-c2ccc(CC#N)cc2)c(C)c1. The maximum atomic E-state index is 12.5. The molecule has 0 atom stereocenters. The van der Waals surface area contributed by atoms with Crippen LogP contribution in [0.5, 0.6) is 0 Å². The smallest absolute Gasteiger partial charge is 0.220 e. The average Bonchev–Trinajstić information content (AvgIpc) is 3.21. The van der Waals surface area contributed by atoms with Gasteiger partial charge in [-0.1, -0.05) is 35.9 Å². The number of amides is 1. The Kier molecular flexibility index (Phi) is 9.07. The lowest BCUT2D eigenvalue weighted by atomic mass is 10.0. The van der Waals surface area contributed by atoms with Crippen LogP contribution >= 0.6 is 0 Å². The number of ether oxygens (including phenoxy) is 1. The molecule has 0 fully saturated rings. The van der Waals surface area contributed by atoms with Crippen LogP contribution in [-0.2, 0) is 22.4 Å². The zero-order valence-electron chi connectivity index (χ0n) is 20.7. The second-order valence-electron chi connectivity index (χ2n) is 8.99. The lowest BCUT2D eigenvalue weighted by Crippen LogP contribution is -2.26. The van der Waals surface area contributed by atoms with Gasteiger partial charge >= 0.3 is 0 Å². The van der Waals surface area contributed by atoms with Crippen LogP contribution < -0.4 is 5.32 Å². The summed E-state index contributed by atoms with van der Waals surface area (Å²) in [6.45, 7) is 9.53. The van der Waals surface area contributed by atoms with E-state index in [9.17, 15) is 4.79 Å². The quantitative estimate of drug-likeness (QED) is 0.376.